The summed E-state index contributed by atoms with van der Waals surface area (Å²) in [6.45, 7) is 0. The molecule has 0 heterocycles. The maximum Gasteiger partial charge on any atom is 0.145 e. The number of hydrogen-bond acceptors (Lipinski definition) is 4. The van der Waals surface area contributed by atoms with Crippen LogP contribution in [-0.2, 0) is 0 Å². The fourth-order valence-electron chi connectivity index (χ4n) is 2.23. The monoisotopic (exact) mass is 237 g/mol. The van der Waals surface area contributed by atoms with Crippen LogP contribution in [0.25, 0.3) is 0 Å². The molecule has 4 heteroatoms. The van der Waals surface area contributed by atoms with E-state index in [1.807, 2.05) is 18.2 Å². The normalized spacial score (nSPS) is 23.5. The van der Waals surface area contributed by atoms with Crippen LogP contribution in [-0.4, -0.2) is 31.5 Å². The molecule has 17 heavy (non-hydrogen) atoms. The lowest BCUT2D eigenvalue weighted by Gasteiger charge is -2.20. The van der Waals surface area contributed by atoms with Crippen LogP contribution < -0.4 is 14.8 Å². The molecule has 0 radical (unpaired) electrons. The summed E-state index contributed by atoms with van der Waals surface area (Å²) in [5.74, 6) is 1.50. The molecule has 0 aliphatic heterocycles. The van der Waals surface area contributed by atoms with Crippen molar-refractivity contribution in [1.29, 1.82) is 0 Å². The molecule has 94 valence electrons. The van der Waals surface area contributed by atoms with Crippen LogP contribution in [0.4, 0.5) is 5.69 Å². The predicted octanol–water partition coefficient (Wildman–Crippen LogP) is 2.03. The highest BCUT2D eigenvalue weighted by molar-refractivity contribution is 5.59. The fraction of sp³-hybridized carbons (Fsp3) is 0.538. The van der Waals surface area contributed by atoms with Crippen molar-refractivity contribution in [3.63, 3.8) is 0 Å². The topological polar surface area (TPSA) is 50.7 Å². The summed E-state index contributed by atoms with van der Waals surface area (Å²) < 4.78 is 10.5. The van der Waals surface area contributed by atoms with Gasteiger partial charge in [-0.1, -0.05) is 0 Å². The lowest BCUT2D eigenvalue weighted by atomic mass is 10.2. The van der Waals surface area contributed by atoms with Gasteiger partial charge in [-0.2, -0.15) is 0 Å². The number of hydrogen-bond donors (Lipinski definition) is 2. The summed E-state index contributed by atoms with van der Waals surface area (Å²) in [6, 6.07) is 5.76. The molecule has 4 nitrogen and oxygen atoms in total. The first-order valence-corrected chi connectivity index (χ1v) is 5.91. The molecular formula is C13H19NO3. The maximum atomic E-state index is 9.79. The highest BCUT2D eigenvalue weighted by Gasteiger charge is 2.25. The molecule has 0 amide bonds. The van der Waals surface area contributed by atoms with E-state index in [4.69, 9.17) is 9.47 Å². The molecule has 0 aromatic heterocycles. The van der Waals surface area contributed by atoms with Gasteiger partial charge in [0.1, 0.15) is 11.5 Å². The van der Waals surface area contributed by atoms with Crippen LogP contribution in [0.15, 0.2) is 18.2 Å². The number of aliphatic hydroxyl groups excluding tert-OH is 1. The molecule has 2 atom stereocenters. The quantitative estimate of drug-likeness (QED) is 0.841. The average Bonchev–Trinajstić information content (AvgIpc) is 2.75. The summed E-state index contributed by atoms with van der Waals surface area (Å²) in [6.07, 6.45) is 2.67. The SMILES string of the molecule is COc1ccc(N[C@H]2CCC[C@@H]2O)c(OC)c1. The minimum Gasteiger partial charge on any atom is -0.497 e. The molecule has 1 fully saturated rings. The van der Waals surface area contributed by atoms with E-state index in [0.29, 0.717) is 0 Å². The van der Waals surface area contributed by atoms with Crippen molar-refractivity contribution in [2.45, 2.75) is 31.4 Å². The zero-order chi connectivity index (χ0) is 12.3. The average molecular weight is 237 g/mol. The van der Waals surface area contributed by atoms with E-state index in [-0.39, 0.29) is 12.1 Å². The van der Waals surface area contributed by atoms with E-state index in [1.165, 1.54) is 0 Å². The number of rotatable bonds is 4. The molecular weight excluding hydrogens is 218 g/mol. The lowest BCUT2D eigenvalue weighted by Crippen LogP contribution is -2.28. The Hall–Kier alpha value is -1.42. The molecule has 0 bridgehead atoms. The minimum atomic E-state index is -0.262. The Bertz CT molecular complexity index is 381. The van der Waals surface area contributed by atoms with Crippen molar-refractivity contribution in [1.82, 2.24) is 0 Å². The second-order valence-corrected chi connectivity index (χ2v) is 4.32. The van der Waals surface area contributed by atoms with Crippen molar-refractivity contribution >= 4 is 5.69 Å². The van der Waals surface area contributed by atoms with Crippen molar-refractivity contribution in [3.05, 3.63) is 18.2 Å². The van der Waals surface area contributed by atoms with Gasteiger partial charge < -0.3 is 19.9 Å². The van der Waals surface area contributed by atoms with Gasteiger partial charge in [0.15, 0.2) is 0 Å². The molecule has 0 spiro atoms. The van der Waals surface area contributed by atoms with Crippen LogP contribution in [0.3, 0.4) is 0 Å². The van der Waals surface area contributed by atoms with Gasteiger partial charge in [0.2, 0.25) is 0 Å². The maximum absolute atomic E-state index is 9.79. The Balaban J connectivity index is 2.14. The Morgan fingerprint density at radius 1 is 1.24 bits per heavy atom. The third kappa shape index (κ3) is 2.64. The van der Waals surface area contributed by atoms with Gasteiger partial charge in [-0.05, 0) is 31.4 Å². The first-order chi connectivity index (χ1) is 8.24. The van der Waals surface area contributed by atoms with Crippen LogP contribution in [0.2, 0.25) is 0 Å². The second-order valence-electron chi connectivity index (χ2n) is 4.32. The third-order valence-corrected chi connectivity index (χ3v) is 3.23. The minimum absolute atomic E-state index is 0.122. The highest BCUT2D eigenvalue weighted by atomic mass is 16.5. The van der Waals surface area contributed by atoms with Crippen molar-refractivity contribution < 1.29 is 14.6 Å². The number of nitrogens with one attached hydrogen (secondary N) is 1. The fourth-order valence-corrected chi connectivity index (χ4v) is 2.23. The molecule has 0 unspecified atom stereocenters. The van der Waals surface area contributed by atoms with E-state index < -0.39 is 0 Å². The largest absolute Gasteiger partial charge is 0.497 e. The summed E-state index contributed by atoms with van der Waals surface area (Å²) in [4.78, 5) is 0. The van der Waals surface area contributed by atoms with Gasteiger partial charge in [0.25, 0.3) is 0 Å². The van der Waals surface area contributed by atoms with Crippen LogP contribution in [0.1, 0.15) is 19.3 Å². The van der Waals surface area contributed by atoms with Crippen LogP contribution >= 0.6 is 0 Å². The molecule has 1 aromatic carbocycles. The van der Waals surface area contributed by atoms with Crippen molar-refractivity contribution in [2.75, 3.05) is 19.5 Å². The van der Waals surface area contributed by atoms with E-state index in [2.05, 4.69) is 5.32 Å². The molecule has 1 saturated carbocycles. The Kier molecular flexibility index (Phi) is 3.74. The van der Waals surface area contributed by atoms with E-state index in [0.717, 1.165) is 36.4 Å². The van der Waals surface area contributed by atoms with Gasteiger partial charge in [0, 0.05) is 6.07 Å². The molecule has 2 rings (SSSR count). The smallest absolute Gasteiger partial charge is 0.145 e. The summed E-state index contributed by atoms with van der Waals surface area (Å²) in [5.41, 5.74) is 0.902. The summed E-state index contributed by atoms with van der Waals surface area (Å²) >= 11 is 0. The van der Waals surface area contributed by atoms with E-state index in [1.54, 1.807) is 14.2 Å². The highest BCUT2D eigenvalue weighted by Crippen LogP contribution is 2.32. The first-order valence-electron chi connectivity index (χ1n) is 5.91. The van der Waals surface area contributed by atoms with Crippen LogP contribution in [0.5, 0.6) is 11.5 Å². The molecule has 1 aliphatic carbocycles. The standard InChI is InChI=1S/C13H19NO3/c1-16-9-6-7-11(13(8-9)17-2)14-10-4-3-5-12(10)15/h6-8,10,12,14-15H,3-5H2,1-2H3/t10-,12-/m0/s1. The van der Waals surface area contributed by atoms with Gasteiger partial charge in [-0.3, -0.25) is 0 Å². The molecule has 2 N–H and O–H groups in total. The Morgan fingerprint density at radius 3 is 2.65 bits per heavy atom. The zero-order valence-electron chi connectivity index (χ0n) is 10.3. The Morgan fingerprint density at radius 2 is 2.06 bits per heavy atom. The number of benzene rings is 1. The van der Waals surface area contributed by atoms with Crippen molar-refractivity contribution in [2.24, 2.45) is 0 Å². The predicted molar refractivity (Wildman–Crippen MR) is 66.8 cm³/mol. The van der Waals surface area contributed by atoms with Gasteiger partial charge >= 0.3 is 0 Å². The molecule has 1 aliphatic rings. The second kappa shape index (κ2) is 5.27. The first kappa shape index (κ1) is 12.0. The summed E-state index contributed by atoms with van der Waals surface area (Å²) in [7, 11) is 3.26. The number of methoxy groups -OCH3 is 2. The lowest BCUT2D eigenvalue weighted by molar-refractivity contribution is 0.171. The number of ether oxygens (including phenoxy) is 2. The zero-order valence-corrected chi connectivity index (χ0v) is 10.3. The van der Waals surface area contributed by atoms with E-state index in [9.17, 15) is 5.11 Å². The van der Waals surface area contributed by atoms with Crippen LogP contribution in [0, 0.1) is 0 Å². The Labute approximate surface area is 102 Å². The number of aliphatic hydroxyl groups is 1. The van der Waals surface area contributed by atoms with E-state index >= 15 is 0 Å². The summed E-state index contributed by atoms with van der Waals surface area (Å²) in [5, 5.41) is 13.1. The third-order valence-electron chi connectivity index (χ3n) is 3.23. The van der Waals surface area contributed by atoms with Gasteiger partial charge in [-0.15, -0.1) is 0 Å². The molecule has 1 aromatic rings. The van der Waals surface area contributed by atoms with Gasteiger partial charge in [0.05, 0.1) is 32.1 Å². The number of anilines is 1. The van der Waals surface area contributed by atoms with Crippen molar-refractivity contribution in [3.8, 4) is 11.5 Å². The van der Waals surface area contributed by atoms with Gasteiger partial charge in [-0.25, -0.2) is 0 Å². The molecule has 0 saturated heterocycles.